The van der Waals surface area contributed by atoms with Crippen LogP contribution in [-0.4, -0.2) is 29.3 Å². The minimum atomic E-state index is -0.949. The first kappa shape index (κ1) is 8.65. The Morgan fingerprint density at radius 3 is 3.15 bits per heavy atom. The van der Waals surface area contributed by atoms with Crippen molar-refractivity contribution in [2.24, 2.45) is 0 Å². The van der Waals surface area contributed by atoms with Gasteiger partial charge >= 0.3 is 5.97 Å². The Labute approximate surface area is 79.2 Å². The summed E-state index contributed by atoms with van der Waals surface area (Å²) in [6.07, 6.45) is 2.62. The predicted molar refractivity (Wildman–Crippen MR) is 47.3 cm³/mol. The Bertz CT molecular complexity index is 317. The standard InChI is InChI=1S/C8H9NO3S/c10-8(11)7-9-3-6(13-7)5-1-2-12-4-5/h3,5H,1-2,4H2,(H,10,11). The molecule has 0 aliphatic carbocycles. The Morgan fingerprint density at radius 1 is 1.77 bits per heavy atom. The first-order valence-corrected chi connectivity index (χ1v) is 4.86. The van der Waals surface area contributed by atoms with Crippen LogP contribution in [-0.2, 0) is 4.74 Å². The SMILES string of the molecule is O=C(O)c1ncc(C2CCOC2)s1. The Hall–Kier alpha value is -0.940. The number of carbonyl (C=O) groups is 1. The van der Waals surface area contributed by atoms with Gasteiger partial charge in [-0.1, -0.05) is 0 Å². The molecule has 1 unspecified atom stereocenters. The summed E-state index contributed by atoms with van der Waals surface area (Å²) in [7, 11) is 0. The minimum Gasteiger partial charge on any atom is -0.476 e. The third-order valence-corrected chi connectivity index (χ3v) is 3.19. The van der Waals surface area contributed by atoms with Gasteiger partial charge in [0.1, 0.15) is 0 Å². The van der Waals surface area contributed by atoms with Crippen LogP contribution < -0.4 is 0 Å². The van der Waals surface area contributed by atoms with Crippen molar-refractivity contribution in [1.82, 2.24) is 4.98 Å². The fourth-order valence-electron chi connectivity index (χ4n) is 1.33. The molecule has 0 aromatic carbocycles. The van der Waals surface area contributed by atoms with Crippen LogP contribution in [0.5, 0.6) is 0 Å². The van der Waals surface area contributed by atoms with Gasteiger partial charge in [0.2, 0.25) is 5.01 Å². The van der Waals surface area contributed by atoms with Crippen LogP contribution in [0.15, 0.2) is 6.20 Å². The maximum absolute atomic E-state index is 10.5. The smallest absolute Gasteiger partial charge is 0.365 e. The van der Waals surface area contributed by atoms with Gasteiger partial charge in [0, 0.05) is 23.6 Å². The van der Waals surface area contributed by atoms with E-state index in [0.717, 1.165) is 17.9 Å². The van der Waals surface area contributed by atoms with Gasteiger partial charge in [-0.25, -0.2) is 9.78 Å². The molecule has 1 fully saturated rings. The number of aromatic carboxylic acids is 1. The largest absolute Gasteiger partial charge is 0.476 e. The van der Waals surface area contributed by atoms with E-state index in [1.165, 1.54) is 11.3 Å². The van der Waals surface area contributed by atoms with Crippen LogP contribution in [0.3, 0.4) is 0 Å². The number of aromatic nitrogens is 1. The molecule has 0 bridgehead atoms. The first-order chi connectivity index (χ1) is 6.27. The molecule has 0 amide bonds. The van der Waals surface area contributed by atoms with Crippen molar-refractivity contribution in [3.63, 3.8) is 0 Å². The molecule has 2 heterocycles. The molecule has 5 heteroatoms. The average Bonchev–Trinajstić information content (AvgIpc) is 2.75. The highest BCUT2D eigenvalue weighted by Crippen LogP contribution is 2.29. The maximum Gasteiger partial charge on any atom is 0.365 e. The van der Waals surface area contributed by atoms with E-state index >= 15 is 0 Å². The zero-order chi connectivity index (χ0) is 9.26. The van der Waals surface area contributed by atoms with Gasteiger partial charge in [-0.05, 0) is 6.42 Å². The van der Waals surface area contributed by atoms with Gasteiger partial charge in [0.05, 0.1) is 6.61 Å². The normalized spacial score (nSPS) is 22.0. The lowest BCUT2D eigenvalue weighted by Gasteiger charge is -2.00. The van der Waals surface area contributed by atoms with E-state index in [9.17, 15) is 4.79 Å². The average molecular weight is 199 g/mol. The van der Waals surface area contributed by atoms with E-state index in [1.807, 2.05) is 0 Å². The highest BCUT2D eigenvalue weighted by atomic mass is 32.1. The third-order valence-electron chi connectivity index (χ3n) is 2.04. The zero-order valence-corrected chi connectivity index (χ0v) is 7.71. The second-order valence-electron chi connectivity index (χ2n) is 2.93. The molecular weight excluding hydrogens is 190 g/mol. The summed E-state index contributed by atoms with van der Waals surface area (Å²) in [4.78, 5) is 15.4. The Kier molecular flexibility index (Phi) is 2.28. The van der Waals surface area contributed by atoms with Crippen LogP contribution in [0.25, 0.3) is 0 Å². The van der Waals surface area contributed by atoms with Crippen molar-refractivity contribution in [3.8, 4) is 0 Å². The number of ether oxygens (including phenoxy) is 1. The molecule has 1 aliphatic heterocycles. The van der Waals surface area contributed by atoms with Gasteiger partial charge in [-0.3, -0.25) is 0 Å². The summed E-state index contributed by atoms with van der Waals surface area (Å²) in [6.45, 7) is 1.46. The Balaban J connectivity index is 2.16. The number of hydrogen-bond acceptors (Lipinski definition) is 4. The molecule has 4 nitrogen and oxygen atoms in total. The molecule has 0 spiro atoms. The summed E-state index contributed by atoms with van der Waals surface area (Å²) < 4.78 is 5.21. The molecule has 1 atom stereocenters. The number of carboxylic acid groups (broad SMARTS) is 1. The predicted octanol–water partition coefficient (Wildman–Crippen LogP) is 1.35. The number of hydrogen-bond donors (Lipinski definition) is 1. The Morgan fingerprint density at radius 2 is 2.62 bits per heavy atom. The summed E-state index contributed by atoms with van der Waals surface area (Å²) in [5.41, 5.74) is 0. The monoisotopic (exact) mass is 199 g/mol. The zero-order valence-electron chi connectivity index (χ0n) is 6.90. The minimum absolute atomic E-state index is 0.168. The molecule has 2 rings (SSSR count). The van der Waals surface area contributed by atoms with Crippen molar-refractivity contribution in [1.29, 1.82) is 0 Å². The number of thiazole rings is 1. The maximum atomic E-state index is 10.5. The van der Waals surface area contributed by atoms with Crippen LogP contribution in [0, 0.1) is 0 Å². The highest BCUT2D eigenvalue weighted by molar-refractivity contribution is 7.13. The lowest BCUT2D eigenvalue weighted by atomic mass is 10.1. The van der Waals surface area contributed by atoms with Crippen LogP contribution >= 0.6 is 11.3 Å². The van der Waals surface area contributed by atoms with Gasteiger partial charge < -0.3 is 9.84 Å². The molecule has 13 heavy (non-hydrogen) atoms. The van der Waals surface area contributed by atoms with Gasteiger partial charge in [-0.2, -0.15) is 0 Å². The van der Waals surface area contributed by atoms with Crippen LogP contribution in [0.1, 0.15) is 27.0 Å². The van der Waals surface area contributed by atoms with Crippen LogP contribution in [0.4, 0.5) is 0 Å². The molecule has 1 aromatic rings. The lowest BCUT2D eigenvalue weighted by Crippen LogP contribution is -1.94. The molecule has 0 saturated carbocycles. The van der Waals surface area contributed by atoms with Crippen molar-refractivity contribution < 1.29 is 14.6 Å². The molecule has 1 aliphatic rings. The van der Waals surface area contributed by atoms with Crippen molar-refractivity contribution in [3.05, 3.63) is 16.1 Å². The summed E-state index contributed by atoms with van der Waals surface area (Å²) in [5, 5.41) is 8.83. The fraction of sp³-hybridized carbons (Fsp3) is 0.500. The van der Waals surface area contributed by atoms with Crippen LogP contribution in [0.2, 0.25) is 0 Å². The van der Waals surface area contributed by atoms with E-state index in [4.69, 9.17) is 9.84 Å². The summed E-state index contributed by atoms with van der Waals surface area (Å²) in [6, 6.07) is 0. The quantitative estimate of drug-likeness (QED) is 0.781. The highest BCUT2D eigenvalue weighted by Gasteiger charge is 2.21. The third kappa shape index (κ3) is 1.71. The molecule has 1 N–H and O–H groups in total. The van der Waals surface area contributed by atoms with Crippen molar-refractivity contribution in [2.75, 3.05) is 13.2 Å². The van der Waals surface area contributed by atoms with E-state index in [2.05, 4.69) is 4.98 Å². The fourth-order valence-corrected chi connectivity index (χ4v) is 2.21. The molecule has 70 valence electrons. The van der Waals surface area contributed by atoms with E-state index < -0.39 is 5.97 Å². The van der Waals surface area contributed by atoms with Gasteiger partial charge in [0.15, 0.2) is 0 Å². The number of carboxylic acids is 1. The number of rotatable bonds is 2. The molecule has 0 radical (unpaired) electrons. The molecular formula is C8H9NO3S. The second-order valence-corrected chi connectivity index (χ2v) is 4.00. The van der Waals surface area contributed by atoms with Gasteiger partial charge in [0.25, 0.3) is 0 Å². The number of nitrogens with zero attached hydrogens (tertiary/aromatic N) is 1. The van der Waals surface area contributed by atoms with E-state index in [-0.39, 0.29) is 5.01 Å². The summed E-state index contributed by atoms with van der Waals surface area (Å²) >= 11 is 1.25. The first-order valence-electron chi connectivity index (χ1n) is 4.04. The molecule has 1 aromatic heterocycles. The van der Waals surface area contributed by atoms with E-state index in [1.54, 1.807) is 6.20 Å². The molecule has 1 saturated heterocycles. The lowest BCUT2D eigenvalue weighted by molar-refractivity contribution is 0.0696. The van der Waals surface area contributed by atoms with E-state index in [0.29, 0.717) is 12.5 Å². The van der Waals surface area contributed by atoms with Gasteiger partial charge in [-0.15, -0.1) is 11.3 Å². The topological polar surface area (TPSA) is 59.4 Å². The van der Waals surface area contributed by atoms with Crippen molar-refractivity contribution >= 4 is 17.3 Å². The van der Waals surface area contributed by atoms with Crippen molar-refractivity contribution in [2.45, 2.75) is 12.3 Å². The second kappa shape index (κ2) is 3.43. The summed E-state index contributed by atoms with van der Waals surface area (Å²) in [5.74, 6) is -0.597.